The van der Waals surface area contributed by atoms with Crippen molar-refractivity contribution in [3.63, 3.8) is 0 Å². The van der Waals surface area contributed by atoms with Crippen LogP contribution >= 0.6 is 0 Å². The molecule has 0 aromatic heterocycles. The third kappa shape index (κ3) is 4.05. The van der Waals surface area contributed by atoms with E-state index in [1.165, 1.54) is 12.1 Å². The van der Waals surface area contributed by atoms with Gasteiger partial charge in [-0.3, -0.25) is 0 Å². The number of nitrogens with one attached hydrogen (secondary N) is 2. The second kappa shape index (κ2) is 7.47. The topological polar surface area (TPSA) is 78.5 Å². The second-order valence-electron chi connectivity index (χ2n) is 6.58. The van der Waals surface area contributed by atoms with E-state index in [4.69, 9.17) is 0 Å². The fourth-order valence-electron chi connectivity index (χ4n) is 3.13. The molecule has 0 saturated carbocycles. The first-order chi connectivity index (χ1) is 12.4. The first-order valence-corrected chi connectivity index (χ1v) is 10.1. The number of nitrogens with zero attached hydrogens (tertiary/aromatic N) is 1. The molecule has 1 saturated heterocycles. The summed E-state index contributed by atoms with van der Waals surface area (Å²) in [6.07, 6.45) is 1.77. The van der Waals surface area contributed by atoms with E-state index in [0.29, 0.717) is 17.9 Å². The fourth-order valence-corrected chi connectivity index (χ4v) is 4.83. The Morgan fingerprint density at radius 2 is 1.77 bits per heavy atom. The lowest BCUT2D eigenvalue weighted by Gasteiger charge is -2.21. The lowest BCUT2D eigenvalue weighted by Crippen LogP contribution is -2.33. The van der Waals surface area contributed by atoms with Crippen LogP contribution in [-0.2, 0) is 10.0 Å². The van der Waals surface area contributed by atoms with Crippen LogP contribution in [0.5, 0.6) is 0 Å². The summed E-state index contributed by atoms with van der Waals surface area (Å²) in [4.78, 5) is 12.3. The lowest BCUT2D eigenvalue weighted by atomic mass is 10.2. The zero-order valence-corrected chi connectivity index (χ0v) is 15.7. The summed E-state index contributed by atoms with van der Waals surface area (Å²) in [7, 11) is -3.48. The van der Waals surface area contributed by atoms with Gasteiger partial charge in [0.1, 0.15) is 0 Å². The highest BCUT2D eigenvalue weighted by Gasteiger charge is 2.32. The van der Waals surface area contributed by atoms with E-state index < -0.39 is 10.0 Å². The first kappa shape index (κ1) is 18.4. The minimum Gasteiger partial charge on any atom is -0.308 e. The maximum atomic E-state index is 12.7. The van der Waals surface area contributed by atoms with Crippen molar-refractivity contribution in [2.45, 2.75) is 37.6 Å². The largest absolute Gasteiger partial charge is 0.323 e. The van der Waals surface area contributed by atoms with E-state index in [1.54, 1.807) is 22.5 Å². The van der Waals surface area contributed by atoms with Gasteiger partial charge in [0.05, 0.1) is 4.90 Å². The Hall–Kier alpha value is -2.38. The van der Waals surface area contributed by atoms with Gasteiger partial charge in [0.15, 0.2) is 0 Å². The number of sulfonamides is 1. The van der Waals surface area contributed by atoms with Gasteiger partial charge < -0.3 is 10.6 Å². The monoisotopic (exact) mass is 373 g/mol. The molecule has 0 radical (unpaired) electrons. The Morgan fingerprint density at radius 3 is 2.38 bits per heavy atom. The van der Waals surface area contributed by atoms with Crippen molar-refractivity contribution in [3.8, 4) is 0 Å². The summed E-state index contributed by atoms with van der Waals surface area (Å²) >= 11 is 0. The quantitative estimate of drug-likeness (QED) is 0.855. The molecule has 2 aromatic rings. The number of rotatable bonds is 4. The van der Waals surface area contributed by atoms with E-state index >= 15 is 0 Å². The molecule has 1 atom stereocenters. The average Bonchev–Trinajstić information content (AvgIpc) is 3.02. The summed E-state index contributed by atoms with van der Waals surface area (Å²) in [5.41, 5.74) is 2.28. The summed E-state index contributed by atoms with van der Waals surface area (Å²) in [6.45, 7) is 4.43. The van der Waals surface area contributed by atoms with Crippen molar-refractivity contribution in [1.82, 2.24) is 4.31 Å². The smallest absolute Gasteiger partial charge is 0.308 e. The summed E-state index contributed by atoms with van der Waals surface area (Å²) in [5, 5.41) is 5.46. The molecule has 1 fully saturated rings. The van der Waals surface area contributed by atoms with Gasteiger partial charge in [0, 0.05) is 24.0 Å². The van der Waals surface area contributed by atoms with Crippen LogP contribution in [0.1, 0.15) is 25.3 Å². The SMILES string of the molecule is Cc1cccc(NC(=O)Nc2ccc(S(=O)(=O)N3CCC[C@H]3C)cc2)c1. The molecule has 1 aliphatic rings. The van der Waals surface area contributed by atoms with Crippen LogP contribution in [0.25, 0.3) is 0 Å². The Morgan fingerprint density at radius 1 is 1.08 bits per heavy atom. The molecule has 26 heavy (non-hydrogen) atoms. The average molecular weight is 373 g/mol. The number of anilines is 2. The van der Waals surface area contributed by atoms with Gasteiger partial charge in [0.25, 0.3) is 0 Å². The molecule has 1 heterocycles. The predicted octanol–water partition coefficient (Wildman–Crippen LogP) is 3.81. The van der Waals surface area contributed by atoms with Crippen molar-refractivity contribution in [2.75, 3.05) is 17.2 Å². The first-order valence-electron chi connectivity index (χ1n) is 8.63. The molecule has 6 nitrogen and oxygen atoms in total. The molecule has 0 unspecified atom stereocenters. The Balaban J connectivity index is 1.67. The lowest BCUT2D eigenvalue weighted by molar-refractivity contribution is 0.262. The number of benzene rings is 2. The number of urea groups is 1. The minimum absolute atomic E-state index is 0.0258. The van der Waals surface area contributed by atoms with E-state index in [2.05, 4.69) is 10.6 Å². The van der Waals surface area contributed by atoms with Gasteiger partial charge in [-0.25, -0.2) is 13.2 Å². The molecule has 0 aliphatic carbocycles. The van der Waals surface area contributed by atoms with E-state index in [0.717, 1.165) is 18.4 Å². The van der Waals surface area contributed by atoms with Gasteiger partial charge in [-0.05, 0) is 68.7 Å². The van der Waals surface area contributed by atoms with Crippen LogP contribution < -0.4 is 10.6 Å². The van der Waals surface area contributed by atoms with Gasteiger partial charge in [-0.15, -0.1) is 0 Å². The summed E-state index contributed by atoms with van der Waals surface area (Å²) in [5.74, 6) is 0. The minimum atomic E-state index is -3.48. The maximum Gasteiger partial charge on any atom is 0.323 e. The highest BCUT2D eigenvalue weighted by molar-refractivity contribution is 7.89. The van der Waals surface area contributed by atoms with Crippen LogP contribution in [0.4, 0.5) is 16.2 Å². The molecule has 7 heteroatoms. The predicted molar refractivity (Wildman–Crippen MR) is 103 cm³/mol. The summed E-state index contributed by atoms with van der Waals surface area (Å²) in [6, 6.07) is 13.4. The zero-order valence-electron chi connectivity index (χ0n) is 14.9. The maximum absolute atomic E-state index is 12.7. The van der Waals surface area contributed by atoms with Crippen LogP contribution in [0, 0.1) is 6.92 Å². The van der Waals surface area contributed by atoms with Crippen molar-refractivity contribution in [1.29, 1.82) is 0 Å². The van der Waals surface area contributed by atoms with Crippen molar-refractivity contribution in [3.05, 3.63) is 54.1 Å². The van der Waals surface area contributed by atoms with Gasteiger partial charge in [-0.2, -0.15) is 4.31 Å². The number of hydrogen-bond acceptors (Lipinski definition) is 3. The molecule has 2 aromatic carbocycles. The molecule has 1 aliphatic heterocycles. The fraction of sp³-hybridized carbons (Fsp3) is 0.316. The number of amides is 2. The molecule has 0 spiro atoms. The molecule has 2 amide bonds. The number of carbonyl (C=O) groups is 1. The molecule has 138 valence electrons. The van der Waals surface area contributed by atoms with Crippen molar-refractivity contribution < 1.29 is 13.2 Å². The molecule has 2 N–H and O–H groups in total. The molecule has 0 bridgehead atoms. The Kier molecular flexibility index (Phi) is 5.29. The third-order valence-corrected chi connectivity index (χ3v) is 6.51. The van der Waals surface area contributed by atoms with Gasteiger partial charge in [0.2, 0.25) is 10.0 Å². The molecular weight excluding hydrogens is 350 g/mol. The number of hydrogen-bond donors (Lipinski definition) is 2. The van der Waals surface area contributed by atoms with Crippen molar-refractivity contribution in [2.24, 2.45) is 0 Å². The van der Waals surface area contributed by atoms with E-state index in [9.17, 15) is 13.2 Å². The third-order valence-electron chi connectivity index (χ3n) is 4.49. The van der Waals surface area contributed by atoms with E-state index in [1.807, 2.05) is 32.0 Å². The van der Waals surface area contributed by atoms with Gasteiger partial charge in [-0.1, -0.05) is 12.1 Å². The Bertz CT molecular complexity index is 895. The van der Waals surface area contributed by atoms with Crippen LogP contribution in [-0.4, -0.2) is 31.3 Å². The second-order valence-corrected chi connectivity index (χ2v) is 8.47. The number of aryl methyl sites for hydroxylation is 1. The van der Waals surface area contributed by atoms with Gasteiger partial charge >= 0.3 is 6.03 Å². The van der Waals surface area contributed by atoms with Crippen molar-refractivity contribution >= 4 is 27.4 Å². The van der Waals surface area contributed by atoms with Crippen LogP contribution in [0.3, 0.4) is 0 Å². The number of carbonyl (C=O) groups excluding carboxylic acids is 1. The van der Waals surface area contributed by atoms with E-state index in [-0.39, 0.29) is 17.0 Å². The standard InChI is InChI=1S/C19H23N3O3S/c1-14-5-3-7-17(13-14)21-19(23)20-16-8-10-18(11-9-16)26(24,25)22-12-4-6-15(22)2/h3,5,7-11,13,15H,4,6,12H2,1-2H3,(H2,20,21,23)/t15-/m1/s1. The highest BCUT2D eigenvalue weighted by atomic mass is 32.2. The zero-order chi connectivity index (χ0) is 18.7. The summed E-state index contributed by atoms with van der Waals surface area (Å²) < 4.78 is 26.9. The highest BCUT2D eigenvalue weighted by Crippen LogP contribution is 2.26. The molecular formula is C19H23N3O3S. The normalized spacial score (nSPS) is 17.8. The van der Waals surface area contributed by atoms with Crippen LogP contribution in [0.15, 0.2) is 53.4 Å². The molecule has 3 rings (SSSR count). The van der Waals surface area contributed by atoms with Crippen LogP contribution in [0.2, 0.25) is 0 Å². The Labute approximate surface area is 154 Å².